The Morgan fingerprint density at radius 3 is 2.47 bits per heavy atom. The lowest BCUT2D eigenvalue weighted by molar-refractivity contribution is -0.145. The molecule has 5 heteroatoms. The number of ether oxygens (including phenoxy) is 3. The lowest BCUT2D eigenvalue weighted by Gasteiger charge is -2.25. The van der Waals surface area contributed by atoms with Gasteiger partial charge in [-0.2, -0.15) is 0 Å². The van der Waals surface area contributed by atoms with Crippen molar-refractivity contribution in [3.63, 3.8) is 0 Å². The molecule has 1 aliphatic heterocycles. The monoisotopic (exact) mass is 265 g/mol. The number of methoxy groups -OCH3 is 2. The van der Waals surface area contributed by atoms with E-state index in [0.29, 0.717) is 31.1 Å². The first-order valence-corrected chi connectivity index (χ1v) is 6.33. The molecule has 0 bridgehead atoms. The Bertz CT molecular complexity index is 473. The topological polar surface area (TPSA) is 56.8 Å². The van der Waals surface area contributed by atoms with E-state index in [2.05, 4.69) is 5.32 Å². The first-order valence-electron chi connectivity index (χ1n) is 6.33. The third kappa shape index (κ3) is 2.81. The molecule has 0 aliphatic carbocycles. The predicted octanol–water partition coefficient (Wildman–Crippen LogP) is 1.28. The van der Waals surface area contributed by atoms with Crippen molar-refractivity contribution in [3.05, 3.63) is 23.3 Å². The van der Waals surface area contributed by atoms with Gasteiger partial charge in [-0.15, -0.1) is 0 Å². The summed E-state index contributed by atoms with van der Waals surface area (Å²) < 4.78 is 15.6. The van der Waals surface area contributed by atoms with Crippen LogP contribution in [0.15, 0.2) is 12.1 Å². The van der Waals surface area contributed by atoms with Crippen LogP contribution in [0.2, 0.25) is 0 Å². The summed E-state index contributed by atoms with van der Waals surface area (Å²) in [6, 6.07) is 3.59. The zero-order valence-corrected chi connectivity index (χ0v) is 11.5. The highest BCUT2D eigenvalue weighted by Gasteiger charge is 2.26. The van der Waals surface area contributed by atoms with Gasteiger partial charge in [-0.25, -0.2) is 0 Å². The molecular formula is C14H19NO4. The Morgan fingerprint density at radius 1 is 1.26 bits per heavy atom. The van der Waals surface area contributed by atoms with E-state index in [1.54, 1.807) is 14.2 Å². The third-order valence-corrected chi connectivity index (χ3v) is 3.24. The zero-order valence-electron chi connectivity index (χ0n) is 11.5. The van der Waals surface area contributed by atoms with Gasteiger partial charge < -0.3 is 19.5 Å². The minimum atomic E-state index is -0.287. The smallest absolute Gasteiger partial charge is 0.323 e. The maximum Gasteiger partial charge on any atom is 0.323 e. The Labute approximate surface area is 112 Å². The second kappa shape index (κ2) is 5.93. The highest BCUT2D eigenvalue weighted by molar-refractivity contribution is 5.76. The molecule has 0 unspecified atom stereocenters. The number of fused-ring (bicyclic) bond motifs is 1. The standard InChI is InChI=1S/C14H19NO4/c1-4-19-14(16)11-5-9-6-12(17-2)13(18-3)7-10(9)8-15-11/h6-7,11,15H,4-5,8H2,1-3H3/t11-/m0/s1. The largest absolute Gasteiger partial charge is 0.493 e. The van der Waals surface area contributed by atoms with Crippen LogP contribution < -0.4 is 14.8 Å². The quantitative estimate of drug-likeness (QED) is 0.831. The number of hydrogen-bond donors (Lipinski definition) is 1. The van der Waals surface area contributed by atoms with E-state index in [-0.39, 0.29) is 12.0 Å². The van der Waals surface area contributed by atoms with E-state index in [1.807, 2.05) is 19.1 Å². The number of carbonyl (C=O) groups is 1. The molecule has 0 saturated heterocycles. The van der Waals surface area contributed by atoms with Crippen LogP contribution >= 0.6 is 0 Å². The van der Waals surface area contributed by atoms with E-state index in [0.717, 1.165) is 11.1 Å². The maximum atomic E-state index is 11.7. The van der Waals surface area contributed by atoms with Crippen molar-refractivity contribution in [2.24, 2.45) is 0 Å². The number of benzene rings is 1. The number of esters is 1. The average molecular weight is 265 g/mol. The van der Waals surface area contributed by atoms with Gasteiger partial charge in [-0.05, 0) is 36.6 Å². The van der Waals surface area contributed by atoms with Crippen LogP contribution in [0.1, 0.15) is 18.1 Å². The molecule has 1 heterocycles. The van der Waals surface area contributed by atoms with Crippen molar-refractivity contribution in [2.45, 2.75) is 25.9 Å². The van der Waals surface area contributed by atoms with Gasteiger partial charge in [-0.1, -0.05) is 0 Å². The fourth-order valence-electron chi connectivity index (χ4n) is 2.25. The summed E-state index contributed by atoms with van der Waals surface area (Å²) in [6.45, 7) is 2.83. The van der Waals surface area contributed by atoms with Crippen LogP contribution in [0.25, 0.3) is 0 Å². The molecule has 0 spiro atoms. The summed E-state index contributed by atoms with van der Waals surface area (Å²) in [6.07, 6.45) is 0.606. The summed E-state index contributed by atoms with van der Waals surface area (Å²) in [5.41, 5.74) is 2.22. The number of hydrogen-bond acceptors (Lipinski definition) is 5. The second-order valence-corrected chi connectivity index (χ2v) is 4.37. The molecule has 5 nitrogen and oxygen atoms in total. The van der Waals surface area contributed by atoms with Crippen molar-refractivity contribution in [2.75, 3.05) is 20.8 Å². The second-order valence-electron chi connectivity index (χ2n) is 4.37. The zero-order chi connectivity index (χ0) is 13.8. The molecule has 1 N–H and O–H groups in total. The van der Waals surface area contributed by atoms with E-state index in [4.69, 9.17) is 14.2 Å². The summed E-state index contributed by atoms with van der Waals surface area (Å²) in [5, 5.41) is 3.18. The SMILES string of the molecule is CCOC(=O)[C@@H]1Cc2cc(OC)c(OC)cc2CN1. The van der Waals surface area contributed by atoms with Crippen molar-refractivity contribution < 1.29 is 19.0 Å². The minimum absolute atomic E-state index is 0.206. The maximum absolute atomic E-state index is 11.7. The molecule has 2 rings (SSSR count). The molecule has 104 valence electrons. The van der Waals surface area contributed by atoms with Gasteiger partial charge in [0.05, 0.1) is 20.8 Å². The molecule has 0 radical (unpaired) electrons. The summed E-state index contributed by atoms with van der Waals surface area (Å²) >= 11 is 0. The van der Waals surface area contributed by atoms with Crippen molar-refractivity contribution >= 4 is 5.97 Å². The Morgan fingerprint density at radius 2 is 1.89 bits per heavy atom. The molecular weight excluding hydrogens is 246 g/mol. The van der Waals surface area contributed by atoms with E-state index in [9.17, 15) is 4.79 Å². The lowest BCUT2D eigenvalue weighted by Crippen LogP contribution is -2.42. The van der Waals surface area contributed by atoms with Crippen LogP contribution in [-0.2, 0) is 22.5 Å². The molecule has 19 heavy (non-hydrogen) atoms. The van der Waals surface area contributed by atoms with Crippen molar-refractivity contribution in [3.8, 4) is 11.5 Å². The fourth-order valence-corrected chi connectivity index (χ4v) is 2.25. The van der Waals surface area contributed by atoms with Crippen LogP contribution in [-0.4, -0.2) is 32.8 Å². The van der Waals surface area contributed by atoms with Gasteiger partial charge in [0.15, 0.2) is 11.5 Å². The number of nitrogens with one attached hydrogen (secondary N) is 1. The van der Waals surface area contributed by atoms with Crippen molar-refractivity contribution in [1.82, 2.24) is 5.32 Å². The first kappa shape index (κ1) is 13.7. The van der Waals surface area contributed by atoms with Gasteiger partial charge in [0, 0.05) is 6.54 Å². The molecule has 1 aliphatic rings. The summed E-state index contributed by atoms with van der Waals surface area (Å²) in [5.74, 6) is 1.19. The fraction of sp³-hybridized carbons (Fsp3) is 0.500. The molecule has 1 atom stereocenters. The molecule has 0 saturated carbocycles. The number of rotatable bonds is 4. The summed E-state index contributed by atoms with van der Waals surface area (Å²) in [7, 11) is 3.22. The van der Waals surface area contributed by atoms with Crippen LogP contribution in [0.3, 0.4) is 0 Å². The van der Waals surface area contributed by atoms with Crippen LogP contribution in [0.5, 0.6) is 11.5 Å². The third-order valence-electron chi connectivity index (χ3n) is 3.24. The van der Waals surface area contributed by atoms with E-state index in [1.165, 1.54) is 0 Å². The average Bonchev–Trinajstić information content (AvgIpc) is 2.45. The lowest BCUT2D eigenvalue weighted by atomic mass is 9.95. The van der Waals surface area contributed by atoms with Gasteiger partial charge >= 0.3 is 5.97 Å². The molecule has 0 amide bonds. The van der Waals surface area contributed by atoms with E-state index < -0.39 is 0 Å². The first-order chi connectivity index (χ1) is 9.19. The van der Waals surface area contributed by atoms with Gasteiger partial charge in [0.25, 0.3) is 0 Å². The van der Waals surface area contributed by atoms with E-state index >= 15 is 0 Å². The van der Waals surface area contributed by atoms with Gasteiger partial charge in [0.2, 0.25) is 0 Å². The normalized spacial score (nSPS) is 17.5. The molecule has 1 aromatic rings. The summed E-state index contributed by atoms with van der Waals surface area (Å²) in [4.78, 5) is 11.7. The Balaban J connectivity index is 2.22. The molecule has 0 aromatic heterocycles. The predicted molar refractivity (Wildman–Crippen MR) is 70.5 cm³/mol. The van der Waals surface area contributed by atoms with Crippen molar-refractivity contribution in [1.29, 1.82) is 0 Å². The highest BCUT2D eigenvalue weighted by atomic mass is 16.5. The Kier molecular flexibility index (Phi) is 4.27. The highest BCUT2D eigenvalue weighted by Crippen LogP contribution is 2.32. The number of carbonyl (C=O) groups excluding carboxylic acids is 1. The molecule has 1 aromatic carbocycles. The molecule has 0 fully saturated rings. The van der Waals surface area contributed by atoms with Crippen LogP contribution in [0, 0.1) is 0 Å². The van der Waals surface area contributed by atoms with Gasteiger partial charge in [-0.3, -0.25) is 4.79 Å². The van der Waals surface area contributed by atoms with Gasteiger partial charge in [0.1, 0.15) is 6.04 Å². The van der Waals surface area contributed by atoms with Crippen LogP contribution in [0.4, 0.5) is 0 Å². The minimum Gasteiger partial charge on any atom is -0.493 e. The Hall–Kier alpha value is -1.75.